The first-order valence-electron chi connectivity index (χ1n) is 19.6. The number of aromatic nitrogens is 2. The lowest BCUT2D eigenvalue weighted by molar-refractivity contribution is -0.257. The number of halogens is 3. The van der Waals surface area contributed by atoms with Gasteiger partial charge in [-0.1, -0.05) is 32.4 Å². The molecule has 4 aliphatic rings. The molecule has 17 heteroatoms. The van der Waals surface area contributed by atoms with Gasteiger partial charge in [0.15, 0.2) is 5.78 Å². The fourth-order valence-corrected chi connectivity index (χ4v) is 10.2. The quantitative estimate of drug-likeness (QED) is 0.201. The predicted octanol–water partition coefficient (Wildman–Crippen LogP) is 6.73. The molecule has 2 aromatic rings. The van der Waals surface area contributed by atoms with Gasteiger partial charge in [-0.2, -0.15) is 13.2 Å². The number of hydrogen-bond acceptors (Lipinski definition) is 11. The SMILES string of the molecule is CC[C@@H]1C[C@H](C)CC/C=C\[C@@H]2C[C@@]2(C(=O)NS(=O)(=O)C2CC2)CC(=O)[C@@H]2C[C@@H](Oc3ccnc(-c4nc(C)cs4)c3)CN2C(=O)[C@H]1CC(=O)OC(C)(C)C(F)(F)F. The molecule has 7 atom stereocenters. The lowest BCUT2D eigenvalue weighted by atomic mass is 9.79. The molecule has 0 radical (unpaired) electrons. The normalized spacial score (nSPS) is 29.4. The highest BCUT2D eigenvalue weighted by Crippen LogP contribution is 2.57. The zero-order chi connectivity index (χ0) is 41.5. The number of allylic oxidation sites excluding steroid dienone is 2. The Labute approximate surface area is 335 Å². The Balaban J connectivity index is 1.34. The molecule has 1 saturated heterocycles. The van der Waals surface area contributed by atoms with Crippen LogP contribution in [0.1, 0.15) is 97.6 Å². The van der Waals surface area contributed by atoms with Gasteiger partial charge in [0.2, 0.25) is 27.4 Å². The molecule has 4 heterocycles. The van der Waals surface area contributed by atoms with Crippen molar-refractivity contribution in [3.05, 3.63) is 41.6 Å². The minimum atomic E-state index is -4.86. The summed E-state index contributed by atoms with van der Waals surface area (Å²) >= 11 is 1.41. The number of ether oxygens (including phenoxy) is 2. The average molecular weight is 837 g/mol. The van der Waals surface area contributed by atoms with E-state index in [1.54, 1.807) is 18.3 Å². The predicted molar refractivity (Wildman–Crippen MR) is 205 cm³/mol. The lowest BCUT2D eigenvalue weighted by Gasteiger charge is -2.34. The molecule has 0 aromatic carbocycles. The molecular weight excluding hydrogens is 786 g/mol. The van der Waals surface area contributed by atoms with Crippen molar-refractivity contribution in [3.8, 4) is 16.5 Å². The van der Waals surface area contributed by atoms with Crippen LogP contribution in [0.25, 0.3) is 10.7 Å². The van der Waals surface area contributed by atoms with Crippen molar-refractivity contribution in [2.45, 2.75) is 128 Å². The summed E-state index contributed by atoms with van der Waals surface area (Å²) in [6.07, 6.45) is 2.12. The van der Waals surface area contributed by atoms with Gasteiger partial charge in [0.25, 0.3) is 0 Å². The summed E-state index contributed by atoms with van der Waals surface area (Å²) in [7, 11) is -3.92. The van der Waals surface area contributed by atoms with Crippen molar-refractivity contribution in [3.63, 3.8) is 0 Å². The van der Waals surface area contributed by atoms with E-state index in [2.05, 4.69) is 14.7 Å². The number of carbonyl (C=O) groups is 4. The van der Waals surface area contributed by atoms with Crippen molar-refractivity contribution < 1.29 is 50.2 Å². The summed E-state index contributed by atoms with van der Waals surface area (Å²) in [5, 5.41) is 1.90. The monoisotopic (exact) mass is 836 g/mol. The van der Waals surface area contributed by atoms with Crippen LogP contribution in [-0.4, -0.2) is 82.6 Å². The van der Waals surface area contributed by atoms with E-state index in [0.717, 1.165) is 19.5 Å². The number of rotatable bonds is 10. The standard InChI is InChI=1S/C40H51F3N4O8S2/c1-6-25-15-23(2)9-7-8-10-26-19-39(26,37(51)46-57(52,53)29-11-12-29)20-33(48)32-17-28(54-27-13-14-44-31(16-27)35-45-24(3)22-56-35)21-47(32)36(50)30(25)18-34(49)55-38(4,5)40(41,42)43/h8,10,13-14,16,22-23,25-26,28-30,32H,6-7,9,11-12,15,17-21H2,1-5H3,(H,46,51)/b10-8-/t23-,25-,26-,28-,30+,32+,39-/m1/s1. The Morgan fingerprint density at radius 1 is 1.14 bits per heavy atom. The Kier molecular flexibility index (Phi) is 12.3. The first kappa shape index (κ1) is 42.7. The van der Waals surface area contributed by atoms with Crippen LogP contribution < -0.4 is 9.46 Å². The third-order valence-corrected chi connectivity index (χ3v) is 14.6. The first-order chi connectivity index (χ1) is 26.7. The van der Waals surface area contributed by atoms with Crippen molar-refractivity contribution in [1.82, 2.24) is 19.6 Å². The molecule has 0 bridgehead atoms. The number of ketones is 1. The molecular formula is C40H51F3N4O8S2. The van der Waals surface area contributed by atoms with E-state index in [4.69, 9.17) is 9.47 Å². The minimum absolute atomic E-state index is 0.0165. The van der Waals surface area contributed by atoms with Crippen molar-refractivity contribution >= 4 is 44.9 Å². The summed E-state index contributed by atoms with van der Waals surface area (Å²) < 4.78 is 80.8. The fourth-order valence-electron chi connectivity index (χ4n) is 8.07. The number of nitrogens with one attached hydrogen (secondary N) is 1. The van der Waals surface area contributed by atoms with Crippen LogP contribution in [0.5, 0.6) is 5.75 Å². The van der Waals surface area contributed by atoms with Gasteiger partial charge in [0.05, 0.1) is 35.6 Å². The van der Waals surface area contributed by atoms with E-state index in [-0.39, 0.29) is 31.7 Å². The molecule has 2 amide bonds. The molecule has 0 unspecified atom stereocenters. The number of fused-ring (bicyclic) bond motifs is 2. The number of carbonyl (C=O) groups excluding carboxylic acids is 4. The van der Waals surface area contributed by atoms with Crippen molar-refractivity contribution in [2.24, 2.45) is 29.1 Å². The smallest absolute Gasteiger partial charge is 0.427 e. The Bertz CT molecular complexity index is 2000. The maximum absolute atomic E-state index is 14.9. The molecule has 3 fully saturated rings. The number of Topliss-reactive ketones (excluding diaryl/α,β-unsaturated/α-hetero) is 1. The first-order valence-corrected chi connectivity index (χ1v) is 22.0. The lowest BCUT2D eigenvalue weighted by Crippen LogP contribution is -2.48. The van der Waals surface area contributed by atoms with E-state index >= 15 is 0 Å². The fraction of sp³-hybridized carbons (Fsp3) is 0.650. The third-order valence-electron chi connectivity index (χ3n) is 11.8. The number of alkyl halides is 3. The van der Waals surface area contributed by atoms with Gasteiger partial charge in [-0.05, 0) is 83.1 Å². The topological polar surface area (TPSA) is 162 Å². The molecule has 57 heavy (non-hydrogen) atoms. The molecule has 2 aliphatic carbocycles. The Morgan fingerprint density at radius 3 is 2.53 bits per heavy atom. The molecule has 6 rings (SSSR count). The van der Waals surface area contributed by atoms with Gasteiger partial charge in [0, 0.05) is 36.2 Å². The molecule has 2 saturated carbocycles. The Morgan fingerprint density at radius 2 is 1.88 bits per heavy atom. The van der Waals surface area contributed by atoms with Crippen LogP contribution in [-0.2, 0) is 33.9 Å². The van der Waals surface area contributed by atoms with Gasteiger partial charge in [-0.15, -0.1) is 11.3 Å². The molecule has 0 spiro atoms. The zero-order valence-corrected chi connectivity index (χ0v) is 34.5. The van der Waals surface area contributed by atoms with Crippen LogP contribution in [0.2, 0.25) is 0 Å². The largest absolute Gasteiger partial charge is 0.488 e. The summed E-state index contributed by atoms with van der Waals surface area (Å²) in [6, 6.07) is 2.21. The number of hydrogen-bond donors (Lipinski definition) is 1. The highest BCUT2D eigenvalue weighted by Gasteiger charge is 2.62. The maximum atomic E-state index is 14.9. The van der Waals surface area contributed by atoms with Crippen LogP contribution in [0.15, 0.2) is 35.9 Å². The van der Waals surface area contributed by atoms with Crippen LogP contribution in [0.4, 0.5) is 13.2 Å². The van der Waals surface area contributed by atoms with Gasteiger partial charge in [-0.3, -0.25) is 28.9 Å². The Hall–Kier alpha value is -3.86. The molecule has 2 aliphatic heterocycles. The second-order valence-electron chi connectivity index (χ2n) is 16.7. The summed E-state index contributed by atoms with van der Waals surface area (Å²) in [6.45, 7) is 7.13. The van der Waals surface area contributed by atoms with Gasteiger partial charge >= 0.3 is 12.1 Å². The highest BCUT2D eigenvalue weighted by atomic mass is 32.2. The van der Waals surface area contributed by atoms with E-state index in [0.29, 0.717) is 55.0 Å². The van der Waals surface area contributed by atoms with E-state index in [1.165, 1.54) is 16.2 Å². The average Bonchev–Trinajstić information content (AvgIpc) is 4.02. The summed E-state index contributed by atoms with van der Waals surface area (Å²) in [4.78, 5) is 66.9. The summed E-state index contributed by atoms with van der Waals surface area (Å²) in [5.74, 6) is -4.54. The molecule has 12 nitrogen and oxygen atoms in total. The number of esters is 1. The number of aryl methyl sites for hydroxylation is 1. The molecule has 312 valence electrons. The second kappa shape index (κ2) is 16.4. The van der Waals surface area contributed by atoms with E-state index in [9.17, 15) is 40.8 Å². The number of thiazole rings is 1. The van der Waals surface area contributed by atoms with Crippen molar-refractivity contribution in [2.75, 3.05) is 6.54 Å². The number of sulfonamides is 1. The highest BCUT2D eigenvalue weighted by molar-refractivity contribution is 7.90. The zero-order valence-electron chi connectivity index (χ0n) is 32.8. The van der Waals surface area contributed by atoms with Crippen molar-refractivity contribution in [1.29, 1.82) is 0 Å². The van der Waals surface area contributed by atoms with Crippen LogP contribution >= 0.6 is 11.3 Å². The van der Waals surface area contributed by atoms with Gasteiger partial charge in [-0.25, -0.2) is 13.4 Å². The third kappa shape index (κ3) is 9.72. The number of pyridine rings is 1. The second-order valence-corrected chi connectivity index (χ2v) is 19.6. The van der Waals surface area contributed by atoms with Crippen LogP contribution in [0.3, 0.4) is 0 Å². The van der Waals surface area contributed by atoms with Gasteiger partial charge < -0.3 is 14.4 Å². The van der Waals surface area contributed by atoms with Gasteiger partial charge in [0.1, 0.15) is 22.6 Å². The van der Waals surface area contributed by atoms with Crippen LogP contribution in [0, 0.1) is 36.0 Å². The maximum Gasteiger partial charge on any atom is 0.427 e. The number of nitrogens with zero attached hydrogens (tertiary/aromatic N) is 3. The minimum Gasteiger partial charge on any atom is -0.488 e. The molecule has 2 aromatic heterocycles. The summed E-state index contributed by atoms with van der Waals surface area (Å²) in [5.41, 5.74) is -2.76. The van der Waals surface area contributed by atoms with E-state index in [1.807, 2.05) is 38.3 Å². The van der Waals surface area contributed by atoms with E-state index < -0.39 is 92.4 Å². The number of amides is 2. The molecule has 1 N–H and O–H groups in total.